The third-order valence-electron chi connectivity index (χ3n) is 5.16. The molecule has 30 heavy (non-hydrogen) atoms. The van der Waals surface area contributed by atoms with E-state index in [1.807, 2.05) is 48.5 Å². The monoisotopic (exact) mass is 424 g/mol. The van der Waals surface area contributed by atoms with E-state index in [2.05, 4.69) is 12.2 Å². The number of rotatable bonds is 6. The minimum Gasteiger partial charge on any atom is -0.497 e. The molecule has 6 nitrogen and oxygen atoms in total. The van der Waals surface area contributed by atoms with Gasteiger partial charge in [0.25, 0.3) is 5.91 Å². The van der Waals surface area contributed by atoms with E-state index in [0.717, 1.165) is 64.4 Å². The van der Waals surface area contributed by atoms with Crippen molar-refractivity contribution in [1.82, 2.24) is 4.98 Å². The van der Waals surface area contributed by atoms with E-state index in [1.165, 1.54) is 4.90 Å². The average molecular weight is 425 g/mol. The molecule has 0 bridgehead atoms. The van der Waals surface area contributed by atoms with Crippen LogP contribution in [-0.4, -0.2) is 50.8 Å². The number of hydrogen-bond donors (Lipinski definition) is 2. The lowest BCUT2D eigenvalue weighted by atomic mass is 10.1. The summed E-state index contributed by atoms with van der Waals surface area (Å²) in [4.78, 5) is 19.7. The smallest absolute Gasteiger partial charge is 0.279 e. The van der Waals surface area contributed by atoms with Gasteiger partial charge in [-0.15, -0.1) is 11.3 Å². The molecular weight excluding hydrogens is 398 g/mol. The quantitative estimate of drug-likeness (QED) is 0.639. The van der Waals surface area contributed by atoms with Crippen LogP contribution in [0.15, 0.2) is 48.5 Å². The molecule has 1 aliphatic rings. The molecule has 7 heteroatoms. The van der Waals surface area contributed by atoms with E-state index < -0.39 is 0 Å². The van der Waals surface area contributed by atoms with Crippen molar-refractivity contribution in [1.29, 1.82) is 0 Å². The van der Waals surface area contributed by atoms with Crippen LogP contribution in [0.3, 0.4) is 0 Å². The lowest BCUT2D eigenvalue weighted by molar-refractivity contribution is -0.899. The number of benzene rings is 2. The fourth-order valence-electron chi connectivity index (χ4n) is 3.54. The molecule has 0 aliphatic carbocycles. The Bertz CT molecular complexity index is 1010. The fraction of sp³-hybridized carbons (Fsp3) is 0.304. The molecule has 2 N–H and O–H groups in total. The van der Waals surface area contributed by atoms with Gasteiger partial charge in [0.1, 0.15) is 23.8 Å². The number of quaternary nitrogens is 1. The van der Waals surface area contributed by atoms with Gasteiger partial charge in [-0.05, 0) is 43.3 Å². The largest absolute Gasteiger partial charge is 0.497 e. The van der Waals surface area contributed by atoms with E-state index >= 15 is 0 Å². The second-order valence-corrected chi connectivity index (χ2v) is 8.52. The number of morpholine rings is 1. The van der Waals surface area contributed by atoms with Gasteiger partial charge >= 0.3 is 0 Å². The summed E-state index contributed by atoms with van der Waals surface area (Å²) < 4.78 is 10.6. The van der Waals surface area contributed by atoms with Crippen LogP contribution in [0, 0.1) is 6.92 Å². The number of carbonyl (C=O) groups is 1. The molecule has 0 spiro atoms. The van der Waals surface area contributed by atoms with E-state index in [0.29, 0.717) is 6.54 Å². The molecule has 0 atom stereocenters. The predicted octanol–water partition coefficient (Wildman–Crippen LogP) is 2.65. The average Bonchev–Trinajstić information content (AvgIpc) is 3.16. The van der Waals surface area contributed by atoms with Crippen molar-refractivity contribution in [2.24, 2.45) is 0 Å². The Labute approximate surface area is 180 Å². The van der Waals surface area contributed by atoms with Gasteiger partial charge in [-0.3, -0.25) is 4.79 Å². The molecule has 1 fully saturated rings. The van der Waals surface area contributed by atoms with E-state index in [1.54, 1.807) is 18.4 Å². The number of carbonyl (C=O) groups excluding carboxylic acids is 1. The third kappa shape index (κ3) is 4.87. The number of thiazole rings is 1. The summed E-state index contributed by atoms with van der Waals surface area (Å²) in [5.41, 5.74) is 3.83. The first kappa shape index (κ1) is 20.5. The highest BCUT2D eigenvalue weighted by molar-refractivity contribution is 7.15. The number of methoxy groups -OCH3 is 1. The Kier molecular flexibility index (Phi) is 6.42. The number of anilines is 1. The zero-order chi connectivity index (χ0) is 20.9. The Hall–Kier alpha value is -2.74. The van der Waals surface area contributed by atoms with Gasteiger partial charge in [0.05, 0.1) is 26.0 Å². The van der Waals surface area contributed by atoms with Gasteiger partial charge in [0.15, 0.2) is 6.54 Å². The summed E-state index contributed by atoms with van der Waals surface area (Å²) in [7, 11) is 1.66. The van der Waals surface area contributed by atoms with Crippen LogP contribution >= 0.6 is 11.3 Å². The van der Waals surface area contributed by atoms with Crippen LogP contribution in [0.4, 0.5) is 5.69 Å². The number of aromatic nitrogens is 1. The van der Waals surface area contributed by atoms with Crippen molar-refractivity contribution in [3.8, 4) is 27.6 Å². The maximum Gasteiger partial charge on any atom is 0.279 e. The van der Waals surface area contributed by atoms with Crippen molar-refractivity contribution in [2.75, 3.05) is 45.3 Å². The van der Waals surface area contributed by atoms with Crippen molar-refractivity contribution in [3.05, 3.63) is 53.4 Å². The van der Waals surface area contributed by atoms with Crippen LogP contribution in [0.2, 0.25) is 0 Å². The van der Waals surface area contributed by atoms with Gasteiger partial charge < -0.3 is 19.7 Å². The first-order valence-electron chi connectivity index (χ1n) is 10.1. The number of nitrogens with zero attached hydrogens (tertiary/aromatic N) is 1. The maximum absolute atomic E-state index is 12.4. The van der Waals surface area contributed by atoms with Gasteiger partial charge in [-0.25, -0.2) is 4.98 Å². The number of nitrogens with one attached hydrogen (secondary N) is 2. The van der Waals surface area contributed by atoms with Crippen LogP contribution in [0.1, 0.15) is 4.88 Å². The molecule has 1 amide bonds. The van der Waals surface area contributed by atoms with Crippen LogP contribution in [0.5, 0.6) is 5.75 Å². The third-order valence-corrected chi connectivity index (χ3v) is 6.18. The van der Waals surface area contributed by atoms with Crippen molar-refractivity contribution in [2.45, 2.75) is 6.92 Å². The van der Waals surface area contributed by atoms with Crippen LogP contribution < -0.4 is 15.0 Å². The first-order valence-corrected chi connectivity index (χ1v) is 10.9. The summed E-state index contributed by atoms with van der Waals surface area (Å²) in [6, 6.07) is 15.8. The molecule has 0 radical (unpaired) electrons. The summed E-state index contributed by atoms with van der Waals surface area (Å²) in [6.07, 6.45) is 0. The topological polar surface area (TPSA) is 64.9 Å². The molecule has 3 aromatic rings. The molecule has 0 saturated carbocycles. The minimum absolute atomic E-state index is 0.0262. The Balaban J connectivity index is 1.48. The fourth-order valence-corrected chi connectivity index (χ4v) is 4.47. The van der Waals surface area contributed by atoms with Crippen molar-refractivity contribution in [3.63, 3.8) is 0 Å². The van der Waals surface area contributed by atoms with E-state index in [9.17, 15) is 4.79 Å². The summed E-state index contributed by atoms with van der Waals surface area (Å²) >= 11 is 1.66. The minimum atomic E-state index is 0.0262. The van der Waals surface area contributed by atoms with Gasteiger partial charge in [0.2, 0.25) is 0 Å². The number of hydrogen-bond acceptors (Lipinski definition) is 5. The molecule has 4 rings (SSSR count). The van der Waals surface area contributed by atoms with Crippen LogP contribution in [-0.2, 0) is 9.53 Å². The van der Waals surface area contributed by atoms with Gasteiger partial charge in [-0.2, -0.15) is 0 Å². The molecule has 156 valence electrons. The molecule has 2 heterocycles. The zero-order valence-electron chi connectivity index (χ0n) is 17.2. The van der Waals surface area contributed by atoms with Gasteiger partial charge in [-0.1, -0.05) is 12.1 Å². The second kappa shape index (κ2) is 9.38. The highest BCUT2D eigenvalue weighted by atomic mass is 32.1. The highest BCUT2D eigenvalue weighted by Gasteiger charge is 2.18. The standard InChI is InChI=1S/C23H25N3O3S/c1-16-22(17-6-8-20(28-2)9-7-17)25-23(30-16)18-4-3-5-19(14-18)24-21(27)15-26-10-12-29-13-11-26/h3-9,14H,10-13,15H2,1-2H3,(H,24,27)/p+1. The number of aryl methyl sites for hydroxylation is 1. The molecule has 1 aliphatic heterocycles. The normalized spacial score (nSPS) is 14.5. The summed E-state index contributed by atoms with van der Waals surface area (Å²) in [6.45, 7) is 5.74. The SMILES string of the molecule is COc1ccc(-c2nc(-c3cccc(NC(=O)C[NH+]4CCOCC4)c3)sc2C)cc1. The van der Waals surface area contributed by atoms with E-state index in [4.69, 9.17) is 14.5 Å². The first-order chi connectivity index (χ1) is 14.6. The molecular formula is C23H26N3O3S+. The molecule has 2 aromatic carbocycles. The molecule has 0 unspecified atom stereocenters. The Morgan fingerprint density at radius 3 is 2.67 bits per heavy atom. The second-order valence-electron chi connectivity index (χ2n) is 7.32. The maximum atomic E-state index is 12.4. The van der Waals surface area contributed by atoms with Gasteiger partial charge in [0, 0.05) is 21.7 Å². The Morgan fingerprint density at radius 1 is 1.17 bits per heavy atom. The molecule has 1 saturated heterocycles. The van der Waals surface area contributed by atoms with Crippen molar-refractivity contribution < 1.29 is 19.2 Å². The number of amides is 1. The zero-order valence-corrected chi connectivity index (χ0v) is 18.1. The van der Waals surface area contributed by atoms with E-state index in [-0.39, 0.29) is 5.91 Å². The van der Waals surface area contributed by atoms with Crippen molar-refractivity contribution >= 4 is 22.9 Å². The lowest BCUT2D eigenvalue weighted by Crippen LogP contribution is -3.15. The predicted molar refractivity (Wildman–Crippen MR) is 119 cm³/mol. The molecule has 1 aromatic heterocycles. The summed E-state index contributed by atoms with van der Waals surface area (Å²) in [5.74, 6) is 0.854. The number of ether oxygens (including phenoxy) is 2. The van der Waals surface area contributed by atoms with Crippen LogP contribution in [0.25, 0.3) is 21.8 Å². The summed E-state index contributed by atoms with van der Waals surface area (Å²) in [5, 5.41) is 3.97. The highest BCUT2D eigenvalue weighted by Crippen LogP contribution is 2.34. The Morgan fingerprint density at radius 2 is 1.93 bits per heavy atom. The lowest BCUT2D eigenvalue weighted by Gasteiger charge is -2.23.